The summed E-state index contributed by atoms with van der Waals surface area (Å²) in [6, 6.07) is 4.49. The largest absolute Gasteiger partial charge is 0.335 e. The lowest BCUT2D eigenvalue weighted by atomic mass is 10.00. The Balaban J connectivity index is 1.56. The molecule has 1 aliphatic heterocycles. The number of rotatable bonds is 4. The molecule has 1 aliphatic rings. The first kappa shape index (κ1) is 12.4. The summed E-state index contributed by atoms with van der Waals surface area (Å²) in [6.45, 7) is 0.897. The summed E-state index contributed by atoms with van der Waals surface area (Å²) in [5.74, 6) is 0.258. The summed E-state index contributed by atoms with van der Waals surface area (Å²) in [7, 11) is 1.90. The molecule has 0 aliphatic carbocycles. The SMILES string of the molecule is Cn1cc(CCC(=O)N2CC[C@H]2c2cccs2)cn1. The van der Waals surface area contributed by atoms with Gasteiger partial charge in [-0.3, -0.25) is 9.48 Å². The quantitative estimate of drug-likeness (QED) is 0.859. The van der Waals surface area contributed by atoms with Gasteiger partial charge in [0.25, 0.3) is 0 Å². The third-order valence-electron chi connectivity index (χ3n) is 3.60. The Morgan fingerprint density at radius 2 is 2.47 bits per heavy atom. The van der Waals surface area contributed by atoms with E-state index in [9.17, 15) is 4.79 Å². The van der Waals surface area contributed by atoms with Gasteiger partial charge in [0.15, 0.2) is 0 Å². The van der Waals surface area contributed by atoms with E-state index in [1.807, 2.05) is 24.3 Å². The van der Waals surface area contributed by atoms with Crippen molar-refractivity contribution in [3.63, 3.8) is 0 Å². The fraction of sp³-hybridized carbons (Fsp3) is 0.429. The fourth-order valence-electron chi connectivity index (χ4n) is 2.46. The number of hydrogen-bond acceptors (Lipinski definition) is 3. The first-order valence-corrected chi connectivity index (χ1v) is 7.42. The summed E-state index contributed by atoms with van der Waals surface area (Å²) in [4.78, 5) is 15.5. The van der Waals surface area contributed by atoms with Crippen molar-refractivity contribution in [2.75, 3.05) is 6.54 Å². The van der Waals surface area contributed by atoms with Crippen molar-refractivity contribution >= 4 is 17.2 Å². The molecule has 3 heterocycles. The van der Waals surface area contributed by atoms with Crippen molar-refractivity contribution in [3.8, 4) is 0 Å². The van der Waals surface area contributed by atoms with Crippen LogP contribution in [0, 0.1) is 0 Å². The summed E-state index contributed by atoms with van der Waals surface area (Å²) < 4.78 is 1.78. The Hall–Kier alpha value is -1.62. The number of amides is 1. The standard InChI is InChI=1S/C14H17N3OS/c1-16-10-11(9-15-16)4-5-14(18)17-7-6-12(17)13-3-2-8-19-13/h2-3,8-10,12H,4-7H2,1H3/t12-/m0/s1. The van der Waals surface area contributed by atoms with Crippen LogP contribution in [0.3, 0.4) is 0 Å². The first-order chi connectivity index (χ1) is 9.24. The van der Waals surface area contributed by atoms with Crippen molar-refractivity contribution < 1.29 is 4.79 Å². The van der Waals surface area contributed by atoms with Gasteiger partial charge in [0, 0.05) is 31.1 Å². The smallest absolute Gasteiger partial charge is 0.223 e. The molecule has 3 rings (SSSR count). The molecule has 0 unspecified atom stereocenters. The van der Waals surface area contributed by atoms with Gasteiger partial charge in [-0.1, -0.05) is 6.07 Å². The van der Waals surface area contributed by atoms with E-state index in [2.05, 4.69) is 22.6 Å². The third-order valence-corrected chi connectivity index (χ3v) is 4.57. The molecule has 19 heavy (non-hydrogen) atoms. The molecule has 100 valence electrons. The van der Waals surface area contributed by atoms with Crippen LogP contribution in [0.2, 0.25) is 0 Å². The molecule has 1 saturated heterocycles. The molecule has 2 aromatic heterocycles. The summed E-state index contributed by atoms with van der Waals surface area (Å²) in [6.07, 6.45) is 6.26. The second-order valence-corrected chi connectivity index (χ2v) is 5.91. The normalized spacial score (nSPS) is 18.4. The van der Waals surface area contributed by atoms with Gasteiger partial charge in [0.05, 0.1) is 12.2 Å². The second kappa shape index (κ2) is 5.17. The molecule has 1 fully saturated rings. The van der Waals surface area contributed by atoms with Gasteiger partial charge in [-0.15, -0.1) is 11.3 Å². The molecule has 0 N–H and O–H groups in total. The van der Waals surface area contributed by atoms with E-state index >= 15 is 0 Å². The number of carbonyl (C=O) groups excluding carboxylic acids is 1. The number of nitrogens with zero attached hydrogens (tertiary/aromatic N) is 3. The Morgan fingerprint density at radius 1 is 1.58 bits per heavy atom. The summed E-state index contributed by atoms with van der Waals surface area (Å²) in [5, 5.41) is 6.20. The van der Waals surface area contributed by atoms with Crippen molar-refractivity contribution in [3.05, 3.63) is 40.3 Å². The highest BCUT2D eigenvalue weighted by atomic mass is 32.1. The number of hydrogen-bond donors (Lipinski definition) is 0. The number of aromatic nitrogens is 2. The molecule has 0 aromatic carbocycles. The van der Waals surface area contributed by atoms with Crippen molar-refractivity contribution in [2.45, 2.75) is 25.3 Å². The molecular formula is C14H17N3OS. The Labute approximate surface area is 116 Å². The van der Waals surface area contributed by atoms with E-state index in [0.717, 1.165) is 24.9 Å². The van der Waals surface area contributed by atoms with Crippen LogP contribution in [0.15, 0.2) is 29.9 Å². The van der Waals surface area contributed by atoms with Gasteiger partial charge < -0.3 is 4.90 Å². The van der Waals surface area contributed by atoms with Gasteiger partial charge in [-0.05, 0) is 29.9 Å². The average Bonchev–Trinajstić information content (AvgIpc) is 2.97. The van der Waals surface area contributed by atoms with Crippen LogP contribution >= 0.6 is 11.3 Å². The van der Waals surface area contributed by atoms with Gasteiger partial charge in [-0.25, -0.2) is 0 Å². The lowest BCUT2D eigenvalue weighted by Gasteiger charge is -2.40. The van der Waals surface area contributed by atoms with Gasteiger partial charge in [-0.2, -0.15) is 5.10 Å². The minimum Gasteiger partial charge on any atom is -0.335 e. The summed E-state index contributed by atoms with van der Waals surface area (Å²) in [5.41, 5.74) is 1.13. The van der Waals surface area contributed by atoms with Gasteiger partial charge in [0.2, 0.25) is 5.91 Å². The van der Waals surface area contributed by atoms with E-state index in [1.165, 1.54) is 4.88 Å². The lowest BCUT2D eigenvalue weighted by molar-refractivity contribution is -0.139. The predicted molar refractivity (Wildman–Crippen MR) is 74.9 cm³/mol. The Morgan fingerprint density at radius 3 is 3.05 bits per heavy atom. The van der Waals surface area contributed by atoms with Crippen molar-refractivity contribution in [2.24, 2.45) is 7.05 Å². The first-order valence-electron chi connectivity index (χ1n) is 6.54. The van der Waals surface area contributed by atoms with E-state index in [-0.39, 0.29) is 5.91 Å². The number of thiophene rings is 1. The van der Waals surface area contributed by atoms with Gasteiger partial charge in [0.1, 0.15) is 0 Å². The Bertz CT molecular complexity index is 561. The number of aryl methyl sites for hydroxylation is 2. The average molecular weight is 275 g/mol. The maximum Gasteiger partial charge on any atom is 0.223 e. The van der Waals surface area contributed by atoms with Crippen LogP contribution in [0.25, 0.3) is 0 Å². The van der Waals surface area contributed by atoms with Crippen LogP contribution in [0.5, 0.6) is 0 Å². The fourth-order valence-corrected chi connectivity index (χ4v) is 3.33. The number of carbonyl (C=O) groups is 1. The second-order valence-electron chi connectivity index (χ2n) is 4.93. The lowest BCUT2D eigenvalue weighted by Crippen LogP contribution is -2.44. The minimum absolute atomic E-state index is 0.258. The van der Waals surface area contributed by atoms with Crippen LogP contribution in [-0.4, -0.2) is 27.1 Å². The van der Waals surface area contributed by atoms with E-state index in [4.69, 9.17) is 0 Å². The zero-order valence-electron chi connectivity index (χ0n) is 11.0. The van der Waals surface area contributed by atoms with Crippen molar-refractivity contribution in [1.82, 2.24) is 14.7 Å². The number of likely N-dealkylation sites (tertiary alicyclic amines) is 1. The van der Waals surface area contributed by atoms with Crippen LogP contribution in [0.1, 0.15) is 29.3 Å². The maximum absolute atomic E-state index is 12.2. The molecule has 1 atom stereocenters. The highest BCUT2D eigenvalue weighted by Crippen LogP contribution is 2.36. The summed E-state index contributed by atoms with van der Waals surface area (Å²) >= 11 is 1.74. The van der Waals surface area contributed by atoms with Crippen LogP contribution in [-0.2, 0) is 18.3 Å². The maximum atomic E-state index is 12.2. The predicted octanol–water partition coefficient (Wildman–Crippen LogP) is 2.39. The highest BCUT2D eigenvalue weighted by molar-refractivity contribution is 7.10. The molecule has 1 amide bonds. The zero-order valence-corrected chi connectivity index (χ0v) is 11.8. The molecule has 4 nitrogen and oxygen atoms in total. The minimum atomic E-state index is 0.258. The van der Waals surface area contributed by atoms with Gasteiger partial charge >= 0.3 is 0 Å². The van der Waals surface area contributed by atoms with Crippen LogP contribution < -0.4 is 0 Å². The van der Waals surface area contributed by atoms with E-state index in [1.54, 1.807) is 16.0 Å². The third kappa shape index (κ3) is 2.56. The molecule has 0 spiro atoms. The van der Waals surface area contributed by atoms with Crippen molar-refractivity contribution in [1.29, 1.82) is 0 Å². The van der Waals surface area contributed by atoms with E-state index < -0.39 is 0 Å². The highest BCUT2D eigenvalue weighted by Gasteiger charge is 2.33. The molecule has 0 radical (unpaired) electrons. The molecule has 2 aromatic rings. The van der Waals surface area contributed by atoms with Crippen LogP contribution in [0.4, 0.5) is 0 Å². The molecular weight excluding hydrogens is 258 g/mol. The van der Waals surface area contributed by atoms with E-state index in [0.29, 0.717) is 12.5 Å². The molecule has 0 bridgehead atoms. The molecule has 5 heteroatoms. The topological polar surface area (TPSA) is 38.1 Å². The zero-order chi connectivity index (χ0) is 13.2. The Kier molecular flexibility index (Phi) is 3.38. The monoisotopic (exact) mass is 275 g/mol. The molecule has 0 saturated carbocycles.